The van der Waals surface area contributed by atoms with E-state index < -0.39 is 0 Å². The Hall–Kier alpha value is -1.88. The van der Waals surface area contributed by atoms with E-state index >= 15 is 0 Å². The van der Waals surface area contributed by atoms with Gasteiger partial charge in [0.05, 0.1) is 0 Å². The molecule has 1 aromatic carbocycles. The maximum absolute atomic E-state index is 13.2. The van der Waals surface area contributed by atoms with Crippen molar-refractivity contribution in [1.82, 2.24) is 10.6 Å². The first-order chi connectivity index (χ1) is 10.0. The molecule has 112 valence electrons. The SMILES string of the molecule is Cc1cc(CNC(=O)NC(C)Cc2cccs2)ccc1F. The van der Waals surface area contributed by atoms with E-state index in [1.807, 2.05) is 18.4 Å². The lowest BCUT2D eigenvalue weighted by molar-refractivity contribution is 0.237. The molecule has 1 atom stereocenters. The fourth-order valence-corrected chi connectivity index (χ4v) is 2.89. The molecule has 1 aromatic heterocycles. The zero-order valence-electron chi connectivity index (χ0n) is 12.2. The van der Waals surface area contributed by atoms with Crippen LogP contribution in [0.15, 0.2) is 35.7 Å². The summed E-state index contributed by atoms with van der Waals surface area (Å²) >= 11 is 1.68. The van der Waals surface area contributed by atoms with Crippen LogP contribution in [-0.4, -0.2) is 12.1 Å². The van der Waals surface area contributed by atoms with Crippen molar-refractivity contribution >= 4 is 17.4 Å². The zero-order chi connectivity index (χ0) is 15.2. The number of benzene rings is 1. The summed E-state index contributed by atoms with van der Waals surface area (Å²) in [6, 6.07) is 8.76. The van der Waals surface area contributed by atoms with Gasteiger partial charge < -0.3 is 10.6 Å². The highest BCUT2D eigenvalue weighted by Crippen LogP contribution is 2.11. The van der Waals surface area contributed by atoms with Crippen LogP contribution in [0.2, 0.25) is 0 Å². The molecule has 2 rings (SSSR count). The molecular formula is C16H19FN2OS. The number of halogens is 1. The average Bonchev–Trinajstić information content (AvgIpc) is 2.92. The molecule has 0 aliphatic rings. The maximum atomic E-state index is 13.2. The van der Waals surface area contributed by atoms with Gasteiger partial charge in [-0.15, -0.1) is 11.3 Å². The number of urea groups is 1. The number of carbonyl (C=O) groups excluding carboxylic acids is 1. The summed E-state index contributed by atoms with van der Waals surface area (Å²) < 4.78 is 13.2. The highest BCUT2D eigenvalue weighted by atomic mass is 32.1. The highest BCUT2D eigenvalue weighted by Gasteiger charge is 2.08. The Labute approximate surface area is 128 Å². The van der Waals surface area contributed by atoms with Gasteiger partial charge in [0, 0.05) is 23.9 Å². The largest absolute Gasteiger partial charge is 0.335 e. The molecule has 0 saturated carbocycles. The quantitative estimate of drug-likeness (QED) is 0.870. The van der Waals surface area contributed by atoms with E-state index in [4.69, 9.17) is 0 Å². The molecule has 3 nitrogen and oxygen atoms in total. The number of aryl methyl sites for hydroxylation is 1. The topological polar surface area (TPSA) is 41.1 Å². The summed E-state index contributed by atoms with van der Waals surface area (Å²) in [5.74, 6) is -0.229. The molecule has 1 unspecified atom stereocenters. The second-order valence-corrected chi connectivity index (χ2v) is 6.13. The van der Waals surface area contributed by atoms with Crippen LogP contribution in [0.25, 0.3) is 0 Å². The van der Waals surface area contributed by atoms with Crippen LogP contribution in [0.5, 0.6) is 0 Å². The molecule has 0 spiro atoms. The molecule has 21 heavy (non-hydrogen) atoms. The predicted molar refractivity (Wildman–Crippen MR) is 84.0 cm³/mol. The maximum Gasteiger partial charge on any atom is 0.315 e. The Balaban J connectivity index is 1.77. The van der Waals surface area contributed by atoms with Crippen molar-refractivity contribution in [3.63, 3.8) is 0 Å². The standard InChI is InChI=1S/C16H19FN2OS/c1-11-8-13(5-6-15(11)17)10-18-16(20)19-12(2)9-14-4-3-7-21-14/h3-8,12H,9-10H2,1-2H3,(H2,18,19,20). The van der Waals surface area contributed by atoms with Gasteiger partial charge in [0.15, 0.2) is 0 Å². The number of amides is 2. The molecule has 2 aromatic rings. The number of nitrogens with one attached hydrogen (secondary N) is 2. The van der Waals surface area contributed by atoms with Gasteiger partial charge in [0.1, 0.15) is 5.82 Å². The first-order valence-electron chi connectivity index (χ1n) is 6.86. The van der Waals surface area contributed by atoms with Crippen LogP contribution >= 0.6 is 11.3 Å². The summed E-state index contributed by atoms with van der Waals surface area (Å²) in [7, 11) is 0. The van der Waals surface area contributed by atoms with Crippen molar-refractivity contribution in [2.45, 2.75) is 32.9 Å². The molecule has 0 radical (unpaired) electrons. The van der Waals surface area contributed by atoms with E-state index in [1.165, 1.54) is 10.9 Å². The minimum atomic E-state index is -0.229. The van der Waals surface area contributed by atoms with E-state index in [0.717, 1.165) is 12.0 Å². The number of thiophene rings is 1. The second-order valence-electron chi connectivity index (χ2n) is 5.10. The van der Waals surface area contributed by atoms with Gasteiger partial charge in [-0.05, 0) is 42.5 Å². The predicted octanol–water partition coefficient (Wildman–Crippen LogP) is 3.63. The van der Waals surface area contributed by atoms with Crippen molar-refractivity contribution < 1.29 is 9.18 Å². The van der Waals surface area contributed by atoms with E-state index in [-0.39, 0.29) is 17.9 Å². The minimum Gasteiger partial charge on any atom is -0.335 e. The molecule has 2 N–H and O–H groups in total. The van der Waals surface area contributed by atoms with Gasteiger partial charge in [0.25, 0.3) is 0 Å². The monoisotopic (exact) mass is 306 g/mol. The zero-order valence-corrected chi connectivity index (χ0v) is 13.0. The smallest absolute Gasteiger partial charge is 0.315 e. The third-order valence-electron chi connectivity index (χ3n) is 3.14. The molecule has 0 aliphatic carbocycles. The number of hydrogen-bond donors (Lipinski definition) is 2. The van der Waals surface area contributed by atoms with Gasteiger partial charge in [-0.3, -0.25) is 0 Å². The van der Waals surface area contributed by atoms with Crippen LogP contribution in [0.3, 0.4) is 0 Å². The molecule has 5 heteroatoms. The Bertz CT molecular complexity index is 598. The number of carbonyl (C=O) groups is 1. The first-order valence-corrected chi connectivity index (χ1v) is 7.74. The van der Waals surface area contributed by atoms with E-state index in [2.05, 4.69) is 16.7 Å². The average molecular weight is 306 g/mol. The summed E-state index contributed by atoms with van der Waals surface area (Å²) in [6.07, 6.45) is 0.820. The molecule has 0 bridgehead atoms. The lowest BCUT2D eigenvalue weighted by atomic mass is 10.1. The van der Waals surface area contributed by atoms with E-state index in [9.17, 15) is 9.18 Å². The molecular weight excluding hydrogens is 287 g/mol. The van der Waals surface area contributed by atoms with Crippen LogP contribution in [0.1, 0.15) is 22.9 Å². The molecule has 0 saturated heterocycles. The molecule has 0 fully saturated rings. The van der Waals surface area contributed by atoms with Crippen molar-refractivity contribution in [2.75, 3.05) is 0 Å². The Kier molecular flexibility index (Phi) is 5.33. The van der Waals surface area contributed by atoms with E-state index in [1.54, 1.807) is 30.4 Å². The summed E-state index contributed by atoms with van der Waals surface area (Å²) in [5.41, 5.74) is 1.47. The molecule has 2 amide bonds. The van der Waals surface area contributed by atoms with Gasteiger partial charge in [-0.25, -0.2) is 9.18 Å². The van der Waals surface area contributed by atoms with Crippen molar-refractivity contribution in [3.8, 4) is 0 Å². The van der Waals surface area contributed by atoms with Gasteiger partial charge in [0.2, 0.25) is 0 Å². The third kappa shape index (κ3) is 4.86. The molecule has 0 aliphatic heterocycles. The number of rotatable bonds is 5. The first kappa shape index (κ1) is 15.5. The summed E-state index contributed by atoms with van der Waals surface area (Å²) in [4.78, 5) is 13.1. The number of hydrogen-bond acceptors (Lipinski definition) is 2. The Morgan fingerprint density at radius 1 is 1.38 bits per heavy atom. The Morgan fingerprint density at radius 3 is 2.86 bits per heavy atom. The summed E-state index contributed by atoms with van der Waals surface area (Å²) in [6.45, 7) is 4.07. The highest BCUT2D eigenvalue weighted by molar-refractivity contribution is 7.09. The fourth-order valence-electron chi connectivity index (χ4n) is 2.06. The lowest BCUT2D eigenvalue weighted by Crippen LogP contribution is -2.41. The van der Waals surface area contributed by atoms with Gasteiger partial charge >= 0.3 is 6.03 Å². The lowest BCUT2D eigenvalue weighted by Gasteiger charge is -2.14. The van der Waals surface area contributed by atoms with Crippen molar-refractivity contribution in [2.24, 2.45) is 0 Å². The van der Waals surface area contributed by atoms with Crippen LogP contribution in [-0.2, 0) is 13.0 Å². The van der Waals surface area contributed by atoms with Crippen LogP contribution in [0, 0.1) is 12.7 Å². The van der Waals surface area contributed by atoms with Crippen molar-refractivity contribution in [3.05, 3.63) is 57.5 Å². The normalized spacial score (nSPS) is 12.0. The third-order valence-corrected chi connectivity index (χ3v) is 4.04. The van der Waals surface area contributed by atoms with Crippen LogP contribution in [0.4, 0.5) is 9.18 Å². The summed E-state index contributed by atoms with van der Waals surface area (Å²) in [5, 5.41) is 7.71. The minimum absolute atomic E-state index is 0.0682. The fraction of sp³-hybridized carbons (Fsp3) is 0.312. The second kappa shape index (κ2) is 7.22. The molecule has 1 heterocycles. The van der Waals surface area contributed by atoms with E-state index in [0.29, 0.717) is 12.1 Å². The van der Waals surface area contributed by atoms with Crippen molar-refractivity contribution in [1.29, 1.82) is 0 Å². The van der Waals surface area contributed by atoms with Gasteiger partial charge in [-0.1, -0.05) is 18.2 Å². The Morgan fingerprint density at radius 2 is 2.19 bits per heavy atom. The van der Waals surface area contributed by atoms with Crippen LogP contribution < -0.4 is 10.6 Å². The van der Waals surface area contributed by atoms with Gasteiger partial charge in [-0.2, -0.15) is 0 Å².